The van der Waals surface area contributed by atoms with Gasteiger partial charge in [-0.1, -0.05) is 12.1 Å². The number of nitrogens with one attached hydrogen (secondary N) is 1. The number of nitro groups is 1. The summed E-state index contributed by atoms with van der Waals surface area (Å²) in [6.07, 6.45) is 1.03. The lowest BCUT2D eigenvalue weighted by Gasteiger charge is -2.06. The molecule has 0 saturated heterocycles. The maximum atomic E-state index is 12.7. The third-order valence-corrected chi connectivity index (χ3v) is 2.49. The van der Waals surface area contributed by atoms with Crippen molar-refractivity contribution >= 4 is 23.1 Å². The van der Waals surface area contributed by atoms with Crippen molar-refractivity contribution in [2.45, 2.75) is 6.54 Å². The summed E-state index contributed by atoms with van der Waals surface area (Å²) >= 11 is 5.59. The van der Waals surface area contributed by atoms with Crippen molar-refractivity contribution < 1.29 is 9.31 Å². The first-order chi connectivity index (χ1) is 9.06. The minimum Gasteiger partial charge on any atom is -0.360 e. The fourth-order valence-corrected chi connectivity index (χ4v) is 1.54. The number of aromatic nitrogens is 2. The van der Waals surface area contributed by atoms with Crippen LogP contribution in [0, 0.1) is 15.9 Å². The Balaban J connectivity index is 2.16. The van der Waals surface area contributed by atoms with Crippen molar-refractivity contribution in [1.82, 2.24) is 9.97 Å². The zero-order valence-electron chi connectivity index (χ0n) is 9.51. The van der Waals surface area contributed by atoms with Crippen molar-refractivity contribution in [2.75, 3.05) is 5.32 Å². The van der Waals surface area contributed by atoms with Gasteiger partial charge in [-0.2, -0.15) is 4.98 Å². The molecule has 0 aliphatic heterocycles. The van der Waals surface area contributed by atoms with Gasteiger partial charge in [-0.3, -0.25) is 10.1 Å². The summed E-state index contributed by atoms with van der Waals surface area (Å²) in [6, 6.07) is 5.74. The van der Waals surface area contributed by atoms with Crippen LogP contribution in [-0.4, -0.2) is 14.9 Å². The highest BCUT2D eigenvalue weighted by atomic mass is 35.5. The Morgan fingerprint density at radius 3 is 2.68 bits per heavy atom. The molecule has 1 N–H and O–H groups in total. The molecule has 0 bridgehead atoms. The Morgan fingerprint density at radius 2 is 2.05 bits per heavy atom. The Morgan fingerprint density at radius 1 is 1.37 bits per heavy atom. The predicted octanol–water partition coefficient (Wildman–Crippen LogP) is 2.79. The molecule has 2 rings (SSSR count). The first kappa shape index (κ1) is 13.2. The Bertz CT molecular complexity index is 606. The number of hydrogen-bond donors (Lipinski definition) is 1. The fourth-order valence-electron chi connectivity index (χ4n) is 1.41. The van der Waals surface area contributed by atoms with E-state index in [-0.39, 0.29) is 29.2 Å². The van der Waals surface area contributed by atoms with Crippen molar-refractivity contribution in [3.63, 3.8) is 0 Å². The zero-order chi connectivity index (χ0) is 13.8. The van der Waals surface area contributed by atoms with E-state index in [0.29, 0.717) is 0 Å². The van der Waals surface area contributed by atoms with E-state index < -0.39 is 4.92 Å². The molecule has 19 heavy (non-hydrogen) atoms. The molecular formula is C11H8ClFN4O2. The molecule has 1 aromatic heterocycles. The molecule has 1 aromatic carbocycles. The summed E-state index contributed by atoms with van der Waals surface area (Å²) in [5, 5.41) is 13.5. The Kier molecular flexibility index (Phi) is 3.86. The predicted molar refractivity (Wildman–Crippen MR) is 67.4 cm³/mol. The van der Waals surface area contributed by atoms with Crippen LogP contribution in [0.3, 0.4) is 0 Å². The lowest BCUT2D eigenvalue weighted by atomic mass is 10.2. The molecule has 0 radical (unpaired) electrons. The van der Waals surface area contributed by atoms with Gasteiger partial charge in [0.1, 0.15) is 12.0 Å². The SMILES string of the molecule is O=[N+]([O-])c1cnc(Cl)nc1NCc1ccc(F)cc1. The lowest BCUT2D eigenvalue weighted by molar-refractivity contribution is -0.384. The largest absolute Gasteiger partial charge is 0.360 e. The van der Waals surface area contributed by atoms with E-state index in [9.17, 15) is 14.5 Å². The summed E-state index contributed by atoms with van der Waals surface area (Å²) < 4.78 is 12.7. The molecule has 6 nitrogen and oxygen atoms in total. The van der Waals surface area contributed by atoms with Crippen molar-refractivity contribution in [3.05, 3.63) is 57.2 Å². The third-order valence-electron chi connectivity index (χ3n) is 2.31. The summed E-state index contributed by atoms with van der Waals surface area (Å²) in [7, 11) is 0. The minimum atomic E-state index is -0.608. The molecular weight excluding hydrogens is 275 g/mol. The van der Waals surface area contributed by atoms with Crippen LogP contribution < -0.4 is 5.32 Å². The van der Waals surface area contributed by atoms with E-state index in [0.717, 1.165) is 11.8 Å². The van der Waals surface area contributed by atoms with Gasteiger partial charge in [0.2, 0.25) is 11.1 Å². The highest BCUT2D eigenvalue weighted by molar-refractivity contribution is 6.28. The van der Waals surface area contributed by atoms with Crippen molar-refractivity contribution in [1.29, 1.82) is 0 Å². The van der Waals surface area contributed by atoms with Crippen LogP contribution in [0.5, 0.6) is 0 Å². The maximum absolute atomic E-state index is 12.7. The van der Waals surface area contributed by atoms with Gasteiger partial charge in [-0.05, 0) is 29.3 Å². The second-order valence-corrected chi connectivity index (χ2v) is 3.95. The van der Waals surface area contributed by atoms with Gasteiger partial charge in [-0.25, -0.2) is 9.37 Å². The first-order valence-corrected chi connectivity index (χ1v) is 5.59. The average Bonchev–Trinajstić information content (AvgIpc) is 2.38. The smallest absolute Gasteiger partial charge is 0.329 e. The summed E-state index contributed by atoms with van der Waals surface area (Å²) in [4.78, 5) is 17.5. The van der Waals surface area contributed by atoms with Crippen LogP contribution in [0.25, 0.3) is 0 Å². The topological polar surface area (TPSA) is 81.0 Å². The van der Waals surface area contributed by atoms with E-state index in [1.807, 2.05) is 0 Å². The molecule has 0 aliphatic rings. The van der Waals surface area contributed by atoms with Gasteiger partial charge in [0, 0.05) is 6.54 Å². The van der Waals surface area contributed by atoms with Crippen LogP contribution in [0.2, 0.25) is 5.28 Å². The van der Waals surface area contributed by atoms with Gasteiger partial charge in [-0.15, -0.1) is 0 Å². The van der Waals surface area contributed by atoms with Gasteiger partial charge in [0.05, 0.1) is 4.92 Å². The Labute approximate surface area is 112 Å². The molecule has 0 aliphatic carbocycles. The van der Waals surface area contributed by atoms with Gasteiger partial charge < -0.3 is 5.32 Å². The number of hydrogen-bond acceptors (Lipinski definition) is 5. The number of benzene rings is 1. The van der Waals surface area contributed by atoms with E-state index in [1.54, 1.807) is 12.1 Å². The normalized spacial score (nSPS) is 10.2. The molecule has 0 unspecified atom stereocenters. The molecule has 0 spiro atoms. The van der Waals surface area contributed by atoms with E-state index in [4.69, 9.17) is 11.6 Å². The van der Waals surface area contributed by atoms with E-state index in [1.165, 1.54) is 12.1 Å². The molecule has 1 heterocycles. The molecule has 0 atom stereocenters. The average molecular weight is 283 g/mol. The molecule has 2 aromatic rings. The molecule has 8 heteroatoms. The van der Waals surface area contributed by atoms with Gasteiger partial charge >= 0.3 is 5.69 Å². The second kappa shape index (κ2) is 5.57. The highest BCUT2D eigenvalue weighted by Gasteiger charge is 2.16. The third kappa shape index (κ3) is 3.35. The van der Waals surface area contributed by atoms with E-state index in [2.05, 4.69) is 15.3 Å². The second-order valence-electron chi connectivity index (χ2n) is 3.61. The number of nitrogens with zero attached hydrogens (tertiary/aromatic N) is 3. The van der Waals surface area contributed by atoms with Crippen LogP contribution in [0.15, 0.2) is 30.5 Å². The quantitative estimate of drug-likeness (QED) is 0.530. The fraction of sp³-hybridized carbons (Fsp3) is 0.0909. The summed E-state index contributed by atoms with van der Waals surface area (Å²) in [5.41, 5.74) is 0.483. The molecule has 98 valence electrons. The summed E-state index contributed by atoms with van der Waals surface area (Å²) in [5.74, 6) is -0.325. The number of rotatable bonds is 4. The summed E-state index contributed by atoms with van der Waals surface area (Å²) in [6.45, 7) is 0.258. The van der Waals surface area contributed by atoms with Crippen LogP contribution >= 0.6 is 11.6 Å². The number of anilines is 1. The van der Waals surface area contributed by atoms with E-state index >= 15 is 0 Å². The monoisotopic (exact) mass is 282 g/mol. The lowest BCUT2D eigenvalue weighted by Crippen LogP contribution is -2.05. The first-order valence-electron chi connectivity index (χ1n) is 5.21. The maximum Gasteiger partial charge on any atom is 0.329 e. The minimum absolute atomic E-state index is 0.0225. The highest BCUT2D eigenvalue weighted by Crippen LogP contribution is 2.22. The van der Waals surface area contributed by atoms with Gasteiger partial charge in [0.25, 0.3) is 0 Å². The molecule has 0 saturated carbocycles. The standard InChI is InChI=1S/C11H8ClFN4O2/c12-11-15-6-9(17(18)19)10(16-11)14-5-7-1-3-8(13)4-2-7/h1-4,6H,5H2,(H,14,15,16). The van der Waals surface area contributed by atoms with Crippen LogP contribution in [0.1, 0.15) is 5.56 Å². The zero-order valence-corrected chi connectivity index (χ0v) is 10.3. The molecule has 0 fully saturated rings. The molecule has 0 amide bonds. The van der Waals surface area contributed by atoms with Crippen molar-refractivity contribution in [3.8, 4) is 0 Å². The van der Waals surface area contributed by atoms with Crippen molar-refractivity contribution in [2.24, 2.45) is 0 Å². The number of halogens is 2. The van der Waals surface area contributed by atoms with Gasteiger partial charge in [0.15, 0.2) is 0 Å². The Hall–Kier alpha value is -2.28. The van der Waals surface area contributed by atoms with Crippen LogP contribution in [0.4, 0.5) is 15.9 Å². The van der Waals surface area contributed by atoms with Crippen LogP contribution in [-0.2, 0) is 6.54 Å².